The number of rotatable bonds is 6. The molecule has 2 heterocycles. The highest BCUT2D eigenvalue weighted by atomic mass is 16.4. The number of likely N-dealkylation sites (N-methyl/N-ethyl adjacent to an activating group) is 1. The predicted octanol–water partition coefficient (Wildman–Crippen LogP) is 1.49. The molecule has 0 spiro atoms. The number of hydrogen-bond donors (Lipinski definition) is 3. The highest BCUT2D eigenvalue weighted by molar-refractivity contribution is 6.01. The summed E-state index contributed by atoms with van der Waals surface area (Å²) in [6.07, 6.45) is 1.70. The van der Waals surface area contributed by atoms with E-state index in [-0.39, 0.29) is 35.1 Å². The third-order valence-corrected chi connectivity index (χ3v) is 4.47. The number of benzene rings is 1. The number of carboxylic acid groups (broad SMARTS) is 1. The van der Waals surface area contributed by atoms with E-state index in [1.54, 1.807) is 12.3 Å². The molecule has 9 heteroatoms. The molecular weight excluding hydrogens is 376 g/mol. The fraction of sp³-hybridized carbons (Fsp3) is 0.200. The lowest BCUT2D eigenvalue weighted by Crippen LogP contribution is -2.35. The van der Waals surface area contributed by atoms with Gasteiger partial charge in [0.1, 0.15) is 0 Å². The number of carbonyl (C=O) groups excluding carboxylic acids is 1. The van der Waals surface area contributed by atoms with Gasteiger partial charge >= 0.3 is 6.09 Å². The van der Waals surface area contributed by atoms with E-state index in [1.165, 1.54) is 17.8 Å². The largest absolute Gasteiger partial charge is 0.505 e. The van der Waals surface area contributed by atoms with Crippen molar-refractivity contribution in [2.45, 2.75) is 6.54 Å². The maximum absolute atomic E-state index is 12.7. The summed E-state index contributed by atoms with van der Waals surface area (Å²) >= 11 is 0. The molecule has 9 nitrogen and oxygen atoms in total. The molecule has 2 aromatic heterocycles. The molecule has 3 N–H and O–H groups in total. The smallest absolute Gasteiger partial charge is 0.407 e. The van der Waals surface area contributed by atoms with Crippen LogP contribution in [0.1, 0.15) is 16.1 Å². The van der Waals surface area contributed by atoms with E-state index >= 15 is 0 Å². The van der Waals surface area contributed by atoms with Crippen LogP contribution in [0.5, 0.6) is 5.75 Å². The van der Waals surface area contributed by atoms with Gasteiger partial charge in [0.2, 0.25) is 0 Å². The minimum absolute atomic E-state index is 0.0550. The third-order valence-electron chi connectivity index (χ3n) is 4.47. The molecule has 0 aliphatic carbocycles. The molecule has 3 rings (SSSR count). The summed E-state index contributed by atoms with van der Waals surface area (Å²) < 4.78 is 1.50. The first-order chi connectivity index (χ1) is 13.9. The van der Waals surface area contributed by atoms with Crippen molar-refractivity contribution in [1.29, 1.82) is 0 Å². The van der Waals surface area contributed by atoms with Crippen molar-refractivity contribution < 1.29 is 19.8 Å². The standard InChI is InChI=1S/C20H20N4O5/c1-23(20(28)29)10-8-21-18(26)16-17(25)14-7-9-24(19(27)15(14)11-22-16)12-13-5-3-2-4-6-13/h2-7,9,11,25H,8,10,12H2,1H3,(H,21,26)(H,28,29). The van der Waals surface area contributed by atoms with Crippen LogP contribution in [0.2, 0.25) is 0 Å². The van der Waals surface area contributed by atoms with Crippen LogP contribution < -0.4 is 10.9 Å². The van der Waals surface area contributed by atoms with Crippen molar-refractivity contribution in [2.24, 2.45) is 0 Å². The van der Waals surface area contributed by atoms with Crippen molar-refractivity contribution in [3.8, 4) is 5.75 Å². The van der Waals surface area contributed by atoms with E-state index < -0.39 is 17.7 Å². The lowest BCUT2D eigenvalue weighted by Gasteiger charge is -2.13. The Bertz CT molecular complexity index is 1110. The van der Waals surface area contributed by atoms with Crippen LogP contribution >= 0.6 is 0 Å². The Kier molecular flexibility index (Phi) is 5.77. The van der Waals surface area contributed by atoms with Crippen molar-refractivity contribution in [2.75, 3.05) is 20.1 Å². The molecule has 3 aromatic rings. The van der Waals surface area contributed by atoms with E-state index in [0.29, 0.717) is 6.54 Å². The summed E-state index contributed by atoms with van der Waals surface area (Å²) in [6, 6.07) is 11.0. The lowest BCUT2D eigenvalue weighted by atomic mass is 10.1. The summed E-state index contributed by atoms with van der Waals surface area (Å²) in [4.78, 5) is 40.7. The minimum Gasteiger partial charge on any atom is -0.505 e. The Hall–Kier alpha value is -3.88. The zero-order valence-electron chi connectivity index (χ0n) is 15.7. The summed E-state index contributed by atoms with van der Waals surface area (Å²) in [7, 11) is 1.38. The van der Waals surface area contributed by atoms with Gasteiger partial charge in [-0.2, -0.15) is 0 Å². The Morgan fingerprint density at radius 3 is 2.59 bits per heavy atom. The molecule has 0 bridgehead atoms. The zero-order valence-corrected chi connectivity index (χ0v) is 15.7. The number of fused-ring (bicyclic) bond motifs is 1. The molecule has 0 fully saturated rings. The fourth-order valence-electron chi connectivity index (χ4n) is 2.83. The van der Waals surface area contributed by atoms with Crippen LogP contribution in [0, 0.1) is 0 Å². The Balaban J connectivity index is 1.82. The molecule has 1 aromatic carbocycles. The summed E-state index contributed by atoms with van der Waals surface area (Å²) in [6.45, 7) is 0.509. The van der Waals surface area contributed by atoms with Crippen LogP contribution in [0.25, 0.3) is 10.8 Å². The number of amides is 2. The second-order valence-corrected chi connectivity index (χ2v) is 6.48. The van der Waals surface area contributed by atoms with Crippen LogP contribution in [-0.4, -0.2) is 56.8 Å². The SMILES string of the molecule is CN(CCNC(=O)c1ncc2c(=O)n(Cc3ccccc3)ccc2c1O)C(=O)O. The number of carbonyl (C=O) groups is 2. The van der Waals surface area contributed by atoms with Gasteiger partial charge in [-0.15, -0.1) is 0 Å². The van der Waals surface area contributed by atoms with Crippen molar-refractivity contribution >= 4 is 22.8 Å². The molecule has 0 saturated heterocycles. The molecule has 0 unspecified atom stereocenters. The van der Waals surface area contributed by atoms with Gasteiger partial charge in [0.25, 0.3) is 11.5 Å². The van der Waals surface area contributed by atoms with Gasteiger partial charge in [0.15, 0.2) is 11.4 Å². The van der Waals surface area contributed by atoms with Crippen LogP contribution in [-0.2, 0) is 6.54 Å². The minimum atomic E-state index is -1.11. The van der Waals surface area contributed by atoms with Crippen molar-refractivity contribution in [3.63, 3.8) is 0 Å². The third kappa shape index (κ3) is 4.34. The molecular formula is C20H20N4O5. The molecule has 0 atom stereocenters. The first kappa shape index (κ1) is 19.9. The maximum Gasteiger partial charge on any atom is 0.407 e. The number of nitrogens with one attached hydrogen (secondary N) is 1. The van der Waals surface area contributed by atoms with E-state index in [9.17, 15) is 19.5 Å². The quantitative estimate of drug-likeness (QED) is 0.580. The number of pyridine rings is 2. The van der Waals surface area contributed by atoms with Gasteiger partial charge in [0, 0.05) is 37.9 Å². The second kappa shape index (κ2) is 8.42. The van der Waals surface area contributed by atoms with Crippen LogP contribution in [0.4, 0.5) is 4.79 Å². The van der Waals surface area contributed by atoms with Gasteiger partial charge in [-0.25, -0.2) is 9.78 Å². The Labute approximate surface area is 165 Å². The second-order valence-electron chi connectivity index (χ2n) is 6.48. The van der Waals surface area contributed by atoms with E-state index in [4.69, 9.17) is 5.11 Å². The fourth-order valence-corrected chi connectivity index (χ4v) is 2.83. The first-order valence-electron chi connectivity index (χ1n) is 8.85. The monoisotopic (exact) mass is 396 g/mol. The Morgan fingerprint density at radius 2 is 1.90 bits per heavy atom. The van der Waals surface area contributed by atoms with Crippen LogP contribution in [0.15, 0.2) is 53.6 Å². The average molecular weight is 396 g/mol. The maximum atomic E-state index is 12.7. The summed E-state index contributed by atoms with van der Waals surface area (Å²) in [5.41, 5.74) is 0.397. The van der Waals surface area contributed by atoms with E-state index in [0.717, 1.165) is 10.5 Å². The molecule has 150 valence electrons. The van der Waals surface area contributed by atoms with Gasteiger partial charge < -0.3 is 25.0 Å². The van der Waals surface area contributed by atoms with Crippen molar-refractivity contribution in [3.05, 3.63) is 70.4 Å². The molecule has 0 aliphatic heterocycles. The normalized spacial score (nSPS) is 10.7. The Morgan fingerprint density at radius 1 is 1.17 bits per heavy atom. The predicted molar refractivity (Wildman–Crippen MR) is 106 cm³/mol. The molecule has 0 aliphatic rings. The summed E-state index contributed by atoms with van der Waals surface area (Å²) in [5.74, 6) is -1.05. The number of hydrogen-bond acceptors (Lipinski definition) is 5. The van der Waals surface area contributed by atoms with E-state index in [2.05, 4.69) is 10.3 Å². The molecule has 0 saturated carbocycles. The van der Waals surface area contributed by atoms with Gasteiger partial charge in [-0.05, 0) is 11.6 Å². The van der Waals surface area contributed by atoms with Gasteiger partial charge in [0.05, 0.1) is 11.9 Å². The average Bonchev–Trinajstić information content (AvgIpc) is 2.71. The van der Waals surface area contributed by atoms with Crippen molar-refractivity contribution in [1.82, 2.24) is 19.8 Å². The number of nitrogens with zero attached hydrogens (tertiary/aromatic N) is 3. The number of aromatic hydroxyl groups is 1. The van der Waals surface area contributed by atoms with Gasteiger partial charge in [-0.3, -0.25) is 9.59 Å². The van der Waals surface area contributed by atoms with Crippen LogP contribution in [0.3, 0.4) is 0 Å². The first-order valence-corrected chi connectivity index (χ1v) is 8.85. The van der Waals surface area contributed by atoms with E-state index in [1.807, 2.05) is 30.3 Å². The molecule has 29 heavy (non-hydrogen) atoms. The molecule has 0 radical (unpaired) electrons. The highest BCUT2D eigenvalue weighted by Gasteiger charge is 2.18. The van der Waals surface area contributed by atoms with Gasteiger partial charge in [-0.1, -0.05) is 30.3 Å². The number of aromatic nitrogens is 2. The topological polar surface area (TPSA) is 125 Å². The zero-order chi connectivity index (χ0) is 21.0. The summed E-state index contributed by atoms with van der Waals surface area (Å²) in [5, 5.41) is 22.2. The highest BCUT2D eigenvalue weighted by Crippen LogP contribution is 2.24. The molecule has 2 amide bonds. The lowest BCUT2D eigenvalue weighted by molar-refractivity contribution is 0.0939.